The van der Waals surface area contributed by atoms with Gasteiger partial charge in [-0.2, -0.15) is 4.98 Å². The highest BCUT2D eigenvalue weighted by atomic mass is 16.5. The van der Waals surface area contributed by atoms with Crippen LogP contribution in [0, 0.1) is 20.8 Å². The lowest BCUT2D eigenvalue weighted by Gasteiger charge is -2.07. The number of hydrogen-bond donors (Lipinski definition) is 0. The molecule has 3 nitrogen and oxygen atoms in total. The van der Waals surface area contributed by atoms with Crippen LogP contribution < -0.4 is 4.74 Å². The van der Waals surface area contributed by atoms with Gasteiger partial charge in [-0.05, 0) is 31.9 Å². The van der Waals surface area contributed by atoms with Crippen LogP contribution in [0.4, 0.5) is 0 Å². The number of hydrogen-bond acceptors (Lipinski definition) is 2. The van der Waals surface area contributed by atoms with Gasteiger partial charge in [0.05, 0.1) is 6.20 Å². The lowest BCUT2D eigenvalue weighted by atomic mass is 10.1. The number of ether oxygens (including phenoxy) is 1. The Hall–Kier alpha value is -2.55. The molecule has 0 aliphatic heterocycles. The van der Waals surface area contributed by atoms with Crippen molar-refractivity contribution in [3.05, 3.63) is 82.8 Å². The first kappa shape index (κ1) is 15.3. The summed E-state index contributed by atoms with van der Waals surface area (Å²) in [5.41, 5.74) is 5.02. The summed E-state index contributed by atoms with van der Waals surface area (Å²) < 4.78 is 7.94. The molecule has 2 aromatic carbocycles. The van der Waals surface area contributed by atoms with Crippen LogP contribution in [-0.4, -0.2) is 9.55 Å². The van der Waals surface area contributed by atoms with Crippen molar-refractivity contribution in [1.82, 2.24) is 9.55 Å². The highest BCUT2D eigenvalue weighted by Gasteiger charge is 2.07. The van der Waals surface area contributed by atoms with Crippen LogP contribution in [0.1, 0.15) is 28.1 Å². The number of aryl methyl sites for hydroxylation is 3. The van der Waals surface area contributed by atoms with E-state index >= 15 is 0 Å². The Kier molecular flexibility index (Phi) is 4.47. The van der Waals surface area contributed by atoms with Crippen LogP contribution in [0.2, 0.25) is 0 Å². The molecule has 118 valence electrons. The van der Waals surface area contributed by atoms with Crippen LogP contribution in [0.3, 0.4) is 0 Å². The molecule has 0 aliphatic carbocycles. The van der Waals surface area contributed by atoms with Gasteiger partial charge >= 0.3 is 0 Å². The van der Waals surface area contributed by atoms with Gasteiger partial charge in [0.15, 0.2) is 0 Å². The summed E-state index contributed by atoms with van der Waals surface area (Å²) in [6, 6.07) is 16.8. The number of benzene rings is 2. The molecule has 0 atom stereocenters. The second kappa shape index (κ2) is 6.69. The van der Waals surface area contributed by atoms with Crippen LogP contribution in [-0.2, 0) is 13.2 Å². The van der Waals surface area contributed by atoms with E-state index < -0.39 is 0 Å². The zero-order valence-electron chi connectivity index (χ0n) is 13.9. The summed E-state index contributed by atoms with van der Waals surface area (Å²) in [4.78, 5) is 4.51. The van der Waals surface area contributed by atoms with Gasteiger partial charge in [-0.3, -0.25) is 0 Å². The topological polar surface area (TPSA) is 27.1 Å². The molecule has 3 heteroatoms. The molecule has 1 aromatic heterocycles. The maximum atomic E-state index is 5.81. The molecule has 0 spiro atoms. The fraction of sp³-hybridized carbons (Fsp3) is 0.250. The molecule has 1 heterocycles. The van der Waals surface area contributed by atoms with E-state index in [0.29, 0.717) is 12.5 Å². The van der Waals surface area contributed by atoms with Crippen LogP contribution in [0.25, 0.3) is 0 Å². The number of rotatable bonds is 5. The van der Waals surface area contributed by atoms with E-state index in [0.717, 1.165) is 17.9 Å². The molecule has 0 unspecified atom stereocenters. The summed E-state index contributed by atoms with van der Waals surface area (Å²) >= 11 is 0. The van der Waals surface area contributed by atoms with Crippen molar-refractivity contribution < 1.29 is 4.74 Å². The first-order chi connectivity index (χ1) is 11.1. The normalized spacial score (nSPS) is 10.7. The lowest BCUT2D eigenvalue weighted by Crippen LogP contribution is -2.01. The first-order valence-corrected chi connectivity index (χ1v) is 7.88. The maximum Gasteiger partial charge on any atom is 0.232 e. The molecule has 0 saturated heterocycles. The van der Waals surface area contributed by atoms with Crippen molar-refractivity contribution in [2.45, 2.75) is 33.9 Å². The van der Waals surface area contributed by atoms with Gasteiger partial charge in [-0.15, -0.1) is 0 Å². The fourth-order valence-corrected chi connectivity index (χ4v) is 2.80. The Morgan fingerprint density at radius 3 is 2.30 bits per heavy atom. The summed E-state index contributed by atoms with van der Waals surface area (Å²) in [5.74, 6) is 1.64. The first-order valence-electron chi connectivity index (χ1n) is 7.88. The minimum Gasteiger partial charge on any atom is -0.472 e. The second-order valence-electron chi connectivity index (χ2n) is 6.02. The molecular weight excluding hydrogens is 284 g/mol. The minimum atomic E-state index is 0.543. The second-order valence-corrected chi connectivity index (χ2v) is 6.02. The van der Waals surface area contributed by atoms with E-state index in [4.69, 9.17) is 4.74 Å². The molecule has 0 fully saturated rings. The summed E-state index contributed by atoms with van der Waals surface area (Å²) in [6.45, 7) is 7.63. The smallest absolute Gasteiger partial charge is 0.232 e. The van der Waals surface area contributed by atoms with Crippen molar-refractivity contribution in [2.75, 3.05) is 0 Å². The summed E-state index contributed by atoms with van der Waals surface area (Å²) in [7, 11) is 0. The van der Waals surface area contributed by atoms with Crippen LogP contribution in [0.5, 0.6) is 5.88 Å². The van der Waals surface area contributed by atoms with Gasteiger partial charge < -0.3 is 9.30 Å². The van der Waals surface area contributed by atoms with Crippen LogP contribution in [0.15, 0.2) is 54.7 Å². The van der Waals surface area contributed by atoms with E-state index in [9.17, 15) is 0 Å². The standard InChI is InChI=1S/C20H22N2O/c1-15-9-16(2)11-19(10-15)12-22-13-20(21-17(22)3)23-14-18-7-5-4-6-8-18/h4-11,13H,12,14H2,1-3H3. The third kappa shape index (κ3) is 4.01. The van der Waals surface area contributed by atoms with Crippen molar-refractivity contribution in [2.24, 2.45) is 0 Å². The summed E-state index contributed by atoms with van der Waals surface area (Å²) in [6.07, 6.45) is 1.98. The maximum absolute atomic E-state index is 5.81. The number of imidazole rings is 1. The predicted octanol–water partition coefficient (Wildman–Crippen LogP) is 4.44. The molecule has 3 rings (SSSR count). The van der Waals surface area contributed by atoms with Crippen molar-refractivity contribution in [3.8, 4) is 5.88 Å². The predicted molar refractivity (Wildman–Crippen MR) is 92.8 cm³/mol. The Bertz CT molecular complexity index is 770. The SMILES string of the molecule is Cc1cc(C)cc(Cn2cc(OCc3ccccc3)nc2C)c1. The molecule has 0 bridgehead atoms. The molecule has 23 heavy (non-hydrogen) atoms. The largest absolute Gasteiger partial charge is 0.472 e. The lowest BCUT2D eigenvalue weighted by molar-refractivity contribution is 0.295. The van der Waals surface area contributed by atoms with E-state index in [1.165, 1.54) is 16.7 Å². The monoisotopic (exact) mass is 306 g/mol. The molecule has 0 radical (unpaired) electrons. The highest BCUT2D eigenvalue weighted by molar-refractivity contribution is 5.29. The molecule has 0 N–H and O–H groups in total. The van der Waals surface area contributed by atoms with Crippen molar-refractivity contribution >= 4 is 0 Å². The van der Waals surface area contributed by atoms with Gasteiger partial charge in [0.1, 0.15) is 12.4 Å². The third-order valence-corrected chi connectivity index (χ3v) is 3.82. The molecular formula is C20H22N2O. The van der Waals surface area contributed by atoms with Crippen LogP contribution >= 0.6 is 0 Å². The highest BCUT2D eigenvalue weighted by Crippen LogP contribution is 2.16. The number of aromatic nitrogens is 2. The average Bonchev–Trinajstić information content (AvgIpc) is 2.85. The molecule has 0 amide bonds. The summed E-state index contributed by atoms with van der Waals surface area (Å²) in [5, 5.41) is 0. The van der Waals surface area contributed by atoms with E-state index in [-0.39, 0.29) is 0 Å². The van der Waals surface area contributed by atoms with Gasteiger partial charge in [0.25, 0.3) is 0 Å². The fourth-order valence-electron chi connectivity index (χ4n) is 2.80. The van der Waals surface area contributed by atoms with Crippen molar-refractivity contribution in [1.29, 1.82) is 0 Å². The van der Waals surface area contributed by atoms with Gasteiger partial charge in [-0.25, -0.2) is 0 Å². The molecule has 3 aromatic rings. The average molecular weight is 306 g/mol. The minimum absolute atomic E-state index is 0.543. The quantitative estimate of drug-likeness (QED) is 0.697. The third-order valence-electron chi connectivity index (χ3n) is 3.82. The zero-order valence-corrected chi connectivity index (χ0v) is 13.9. The molecule has 0 saturated carbocycles. The van der Waals surface area contributed by atoms with E-state index in [2.05, 4.69) is 53.7 Å². The van der Waals surface area contributed by atoms with Gasteiger partial charge in [-0.1, -0.05) is 59.7 Å². The van der Waals surface area contributed by atoms with E-state index in [1.807, 2.05) is 31.3 Å². The van der Waals surface area contributed by atoms with Crippen molar-refractivity contribution in [3.63, 3.8) is 0 Å². The van der Waals surface area contributed by atoms with Gasteiger partial charge in [0, 0.05) is 6.54 Å². The Morgan fingerprint density at radius 2 is 1.61 bits per heavy atom. The van der Waals surface area contributed by atoms with E-state index in [1.54, 1.807) is 0 Å². The Morgan fingerprint density at radius 1 is 0.913 bits per heavy atom. The zero-order chi connectivity index (χ0) is 16.2. The Balaban J connectivity index is 1.70. The number of nitrogens with zero attached hydrogens (tertiary/aromatic N) is 2. The molecule has 0 aliphatic rings. The Labute approximate surface area is 137 Å². The van der Waals surface area contributed by atoms with Gasteiger partial charge in [0.2, 0.25) is 5.88 Å².